The molecule has 1 saturated heterocycles. The van der Waals surface area contributed by atoms with Gasteiger partial charge in [-0.2, -0.15) is 4.31 Å². The summed E-state index contributed by atoms with van der Waals surface area (Å²) in [4.78, 5) is 16.9. The molecule has 0 bridgehead atoms. The summed E-state index contributed by atoms with van der Waals surface area (Å²) in [6, 6.07) is 7.11. The maximum Gasteiger partial charge on any atom is 0.243 e. The van der Waals surface area contributed by atoms with Crippen LogP contribution in [0.5, 0.6) is 0 Å². The number of sulfonamides is 1. The average Bonchev–Trinajstić information content (AvgIpc) is 2.74. The predicted molar refractivity (Wildman–Crippen MR) is 108 cm³/mol. The van der Waals surface area contributed by atoms with Crippen LogP contribution < -0.4 is 5.32 Å². The standard InChI is InChI=1S/C21H27N3O3S/c25-21(16-5-2-1-3-6-16)23-18-10-13-24(14-11-18)28(26,27)20-8-4-7-17-15-22-12-9-19(17)20/h4,7-9,12,15-16,18H,1-3,5-6,10-11,13-14H2,(H,23,25). The number of hydrogen-bond acceptors (Lipinski definition) is 4. The molecule has 2 aromatic rings. The summed E-state index contributed by atoms with van der Waals surface area (Å²) < 4.78 is 27.9. The van der Waals surface area contributed by atoms with E-state index in [0.29, 0.717) is 36.2 Å². The lowest BCUT2D eigenvalue weighted by Gasteiger charge is -2.33. The summed E-state index contributed by atoms with van der Waals surface area (Å²) >= 11 is 0. The van der Waals surface area contributed by atoms with E-state index in [9.17, 15) is 13.2 Å². The van der Waals surface area contributed by atoms with Crippen LogP contribution in [0.25, 0.3) is 10.8 Å². The van der Waals surface area contributed by atoms with Crippen LogP contribution in [0.1, 0.15) is 44.9 Å². The molecule has 0 atom stereocenters. The average molecular weight is 402 g/mol. The van der Waals surface area contributed by atoms with Crippen molar-refractivity contribution in [1.82, 2.24) is 14.6 Å². The number of fused-ring (bicyclic) bond motifs is 1. The minimum absolute atomic E-state index is 0.0672. The summed E-state index contributed by atoms with van der Waals surface area (Å²) in [7, 11) is -3.57. The normalized spacial score (nSPS) is 20.3. The zero-order valence-corrected chi connectivity index (χ0v) is 16.8. The Morgan fingerprint density at radius 2 is 1.79 bits per heavy atom. The lowest BCUT2D eigenvalue weighted by atomic mass is 9.88. The van der Waals surface area contributed by atoms with Gasteiger partial charge >= 0.3 is 0 Å². The molecule has 2 aliphatic rings. The monoisotopic (exact) mass is 401 g/mol. The van der Waals surface area contributed by atoms with Gasteiger partial charge in [-0.1, -0.05) is 31.4 Å². The Morgan fingerprint density at radius 3 is 2.54 bits per heavy atom. The van der Waals surface area contributed by atoms with Crippen LogP contribution in [0.4, 0.5) is 0 Å². The molecule has 2 heterocycles. The van der Waals surface area contributed by atoms with Gasteiger partial charge in [0.1, 0.15) is 0 Å². The third-order valence-corrected chi connectivity index (χ3v) is 7.99. The van der Waals surface area contributed by atoms with Crippen LogP contribution >= 0.6 is 0 Å². The molecule has 150 valence electrons. The number of carbonyl (C=O) groups is 1. The van der Waals surface area contributed by atoms with Crippen molar-refractivity contribution >= 4 is 26.7 Å². The fraction of sp³-hybridized carbons (Fsp3) is 0.524. The van der Waals surface area contributed by atoms with Gasteiger partial charge in [0.25, 0.3) is 0 Å². The van der Waals surface area contributed by atoms with Gasteiger partial charge < -0.3 is 5.32 Å². The first kappa shape index (κ1) is 19.3. The maximum atomic E-state index is 13.2. The third kappa shape index (κ3) is 3.91. The molecular formula is C21H27N3O3S. The van der Waals surface area contributed by atoms with Crippen LogP contribution in [-0.4, -0.2) is 42.7 Å². The molecular weight excluding hydrogens is 374 g/mol. The molecule has 1 aliphatic heterocycles. The van der Waals surface area contributed by atoms with Crippen LogP contribution in [0.2, 0.25) is 0 Å². The number of amides is 1. The second kappa shape index (κ2) is 8.17. The molecule has 1 aromatic heterocycles. The van der Waals surface area contributed by atoms with E-state index in [1.54, 1.807) is 34.9 Å². The van der Waals surface area contributed by atoms with Gasteiger partial charge in [-0.25, -0.2) is 8.42 Å². The van der Waals surface area contributed by atoms with Crippen LogP contribution in [0.15, 0.2) is 41.6 Å². The fourth-order valence-electron chi connectivity index (χ4n) is 4.38. The van der Waals surface area contributed by atoms with E-state index in [0.717, 1.165) is 31.1 Å². The number of aromatic nitrogens is 1. The number of rotatable bonds is 4. The minimum atomic E-state index is -3.57. The molecule has 4 rings (SSSR count). The van der Waals surface area contributed by atoms with E-state index in [2.05, 4.69) is 10.3 Å². The van der Waals surface area contributed by atoms with Gasteiger partial charge in [0.05, 0.1) is 4.90 Å². The minimum Gasteiger partial charge on any atom is -0.353 e. The zero-order valence-electron chi connectivity index (χ0n) is 16.0. The van der Waals surface area contributed by atoms with Crippen molar-refractivity contribution in [2.45, 2.75) is 55.9 Å². The number of hydrogen-bond donors (Lipinski definition) is 1. The SMILES string of the molecule is O=C(NC1CCN(S(=O)(=O)c2cccc3cnccc23)CC1)C1CCCCC1. The molecule has 0 spiro atoms. The summed E-state index contributed by atoms with van der Waals surface area (Å²) in [5.41, 5.74) is 0. The zero-order chi connectivity index (χ0) is 19.6. The lowest BCUT2D eigenvalue weighted by molar-refractivity contribution is -0.126. The summed E-state index contributed by atoms with van der Waals surface area (Å²) in [6.07, 6.45) is 10.1. The number of pyridine rings is 1. The van der Waals surface area contributed by atoms with Crippen LogP contribution in [0, 0.1) is 5.92 Å². The fourth-order valence-corrected chi connectivity index (χ4v) is 6.07. The molecule has 28 heavy (non-hydrogen) atoms. The first-order valence-electron chi connectivity index (χ1n) is 10.2. The Balaban J connectivity index is 1.42. The highest BCUT2D eigenvalue weighted by Gasteiger charge is 2.32. The van der Waals surface area contributed by atoms with Gasteiger partial charge in [-0.15, -0.1) is 0 Å². The molecule has 1 N–H and O–H groups in total. The Hall–Kier alpha value is -1.99. The molecule has 0 radical (unpaired) electrons. The number of nitrogens with zero attached hydrogens (tertiary/aromatic N) is 2. The van der Waals surface area contributed by atoms with Crippen molar-refractivity contribution in [2.24, 2.45) is 5.92 Å². The van der Waals surface area contributed by atoms with Crippen molar-refractivity contribution in [2.75, 3.05) is 13.1 Å². The van der Waals surface area contributed by atoms with E-state index in [1.165, 1.54) is 6.42 Å². The van der Waals surface area contributed by atoms with Crippen molar-refractivity contribution in [3.8, 4) is 0 Å². The van der Waals surface area contributed by atoms with Gasteiger partial charge in [-0.3, -0.25) is 9.78 Å². The molecule has 0 unspecified atom stereocenters. The highest BCUT2D eigenvalue weighted by Crippen LogP contribution is 2.28. The molecule has 1 amide bonds. The molecule has 1 saturated carbocycles. The Labute approximate surface area is 166 Å². The number of carbonyl (C=O) groups excluding carboxylic acids is 1. The summed E-state index contributed by atoms with van der Waals surface area (Å²) in [6.45, 7) is 0.860. The third-order valence-electron chi connectivity index (χ3n) is 6.03. The van der Waals surface area contributed by atoms with E-state index < -0.39 is 10.0 Å². The van der Waals surface area contributed by atoms with Gasteiger partial charge in [0.15, 0.2) is 0 Å². The molecule has 2 fully saturated rings. The quantitative estimate of drug-likeness (QED) is 0.854. The van der Waals surface area contributed by atoms with Crippen molar-refractivity contribution in [3.63, 3.8) is 0 Å². The van der Waals surface area contributed by atoms with E-state index in [4.69, 9.17) is 0 Å². The van der Waals surface area contributed by atoms with E-state index in [1.807, 2.05) is 6.07 Å². The van der Waals surface area contributed by atoms with Crippen molar-refractivity contribution in [3.05, 3.63) is 36.7 Å². The van der Waals surface area contributed by atoms with Crippen molar-refractivity contribution < 1.29 is 13.2 Å². The smallest absolute Gasteiger partial charge is 0.243 e. The second-order valence-electron chi connectivity index (χ2n) is 7.87. The summed E-state index contributed by atoms with van der Waals surface area (Å²) in [5.74, 6) is 0.294. The molecule has 1 aliphatic carbocycles. The number of piperidine rings is 1. The van der Waals surface area contributed by atoms with Gasteiger partial charge in [-0.05, 0) is 37.8 Å². The van der Waals surface area contributed by atoms with E-state index >= 15 is 0 Å². The number of benzene rings is 1. The van der Waals surface area contributed by atoms with Crippen LogP contribution in [-0.2, 0) is 14.8 Å². The first-order chi connectivity index (χ1) is 13.6. The Morgan fingerprint density at radius 1 is 1.04 bits per heavy atom. The Kier molecular flexibility index (Phi) is 5.64. The topological polar surface area (TPSA) is 79.4 Å². The number of nitrogens with one attached hydrogen (secondary N) is 1. The highest BCUT2D eigenvalue weighted by molar-refractivity contribution is 7.89. The van der Waals surface area contributed by atoms with Gasteiger partial charge in [0, 0.05) is 48.2 Å². The molecule has 7 heteroatoms. The Bertz CT molecular complexity index is 941. The highest BCUT2D eigenvalue weighted by atomic mass is 32.2. The van der Waals surface area contributed by atoms with E-state index in [-0.39, 0.29) is 17.9 Å². The van der Waals surface area contributed by atoms with Gasteiger partial charge in [0.2, 0.25) is 15.9 Å². The van der Waals surface area contributed by atoms with Crippen molar-refractivity contribution in [1.29, 1.82) is 0 Å². The van der Waals surface area contributed by atoms with Crippen LogP contribution in [0.3, 0.4) is 0 Å². The maximum absolute atomic E-state index is 13.2. The predicted octanol–water partition coefficient (Wildman–Crippen LogP) is 3.08. The summed E-state index contributed by atoms with van der Waals surface area (Å²) in [5, 5.41) is 4.68. The second-order valence-corrected chi connectivity index (χ2v) is 9.78. The molecule has 6 nitrogen and oxygen atoms in total. The largest absolute Gasteiger partial charge is 0.353 e. The first-order valence-corrected chi connectivity index (χ1v) is 11.6. The lowest BCUT2D eigenvalue weighted by Crippen LogP contribution is -2.48. The molecule has 1 aromatic carbocycles.